The highest BCUT2D eigenvalue weighted by Crippen LogP contribution is 2.24. The smallest absolute Gasteiger partial charge is 0.318 e. The molecule has 0 fully saturated rings. The Hall–Kier alpha value is -1.87. The molecule has 0 radical (unpaired) electrons. The molecule has 2 rings (SSSR count). The first-order valence-electron chi connectivity index (χ1n) is 5.93. The summed E-state index contributed by atoms with van der Waals surface area (Å²) in [6.45, 7) is -1.35. The number of amides is 2. The Kier molecular flexibility index (Phi) is 4.87. The zero-order valence-corrected chi connectivity index (χ0v) is 12.8. The van der Waals surface area contributed by atoms with Crippen molar-refractivity contribution in [3.8, 4) is 11.4 Å². The zero-order valence-electron chi connectivity index (χ0n) is 11.2. The van der Waals surface area contributed by atoms with Crippen LogP contribution in [0.3, 0.4) is 0 Å². The number of benzene rings is 1. The Labute approximate surface area is 132 Å². The second kappa shape index (κ2) is 6.49. The zero-order chi connectivity index (χ0) is 16.3. The fourth-order valence-electron chi connectivity index (χ4n) is 1.55. The largest absolute Gasteiger partial charge is 0.406 e. The van der Waals surface area contributed by atoms with E-state index in [1.807, 2.05) is 0 Å². The maximum atomic E-state index is 12.2. The van der Waals surface area contributed by atoms with Gasteiger partial charge in [0.15, 0.2) is 5.82 Å². The van der Waals surface area contributed by atoms with E-state index < -0.39 is 18.8 Å². The van der Waals surface area contributed by atoms with Crippen molar-refractivity contribution in [3.63, 3.8) is 0 Å². The van der Waals surface area contributed by atoms with Crippen molar-refractivity contribution in [3.05, 3.63) is 29.3 Å². The van der Waals surface area contributed by atoms with Crippen LogP contribution in [0.5, 0.6) is 0 Å². The molecule has 1 aromatic carbocycles. The molecule has 1 heterocycles. The molecule has 1 aromatic heterocycles. The number of hydrogen-bond acceptors (Lipinski definition) is 4. The number of alkyl halides is 3. The van der Waals surface area contributed by atoms with Crippen LogP contribution in [0, 0.1) is 0 Å². The first kappa shape index (κ1) is 16.5. The number of aromatic nitrogens is 2. The summed E-state index contributed by atoms with van der Waals surface area (Å²) >= 11 is 6.72. The third-order valence-electron chi connectivity index (χ3n) is 2.49. The lowest BCUT2D eigenvalue weighted by molar-refractivity contribution is -0.137. The van der Waals surface area contributed by atoms with E-state index in [0.29, 0.717) is 21.3 Å². The number of hydrogen-bond donors (Lipinski definition) is 1. The number of nitrogens with one attached hydrogen (secondary N) is 1. The summed E-state index contributed by atoms with van der Waals surface area (Å²) in [5.41, 5.74) is 0.646. The van der Waals surface area contributed by atoms with E-state index in [-0.39, 0.29) is 5.13 Å². The molecule has 2 aromatic rings. The van der Waals surface area contributed by atoms with Crippen molar-refractivity contribution in [1.29, 1.82) is 0 Å². The lowest BCUT2D eigenvalue weighted by atomic mass is 10.2. The molecule has 5 nitrogen and oxygen atoms in total. The Morgan fingerprint density at radius 2 is 2.18 bits per heavy atom. The van der Waals surface area contributed by atoms with Gasteiger partial charge >= 0.3 is 12.2 Å². The summed E-state index contributed by atoms with van der Waals surface area (Å²) in [5, 5.41) is 2.88. The van der Waals surface area contributed by atoms with Crippen LogP contribution in [0.1, 0.15) is 0 Å². The minimum absolute atomic E-state index is 0.106. The van der Waals surface area contributed by atoms with E-state index in [2.05, 4.69) is 14.7 Å². The molecule has 0 bridgehead atoms. The molecule has 118 valence electrons. The van der Waals surface area contributed by atoms with Crippen LogP contribution in [-0.2, 0) is 0 Å². The number of carbonyl (C=O) groups is 1. The van der Waals surface area contributed by atoms with Crippen molar-refractivity contribution >= 4 is 34.3 Å². The summed E-state index contributed by atoms with van der Waals surface area (Å²) in [7, 11) is 1.04. The van der Waals surface area contributed by atoms with Gasteiger partial charge in [-0.05, 0) is 12.1 Å². The van der Waals surface area contributed by atoms with Crippen LogP contribution in [0.25, 0.3) is 11.4 Å². The van der Waals surface area contributed by atoms with Gasteiger partial charge in [0.05, 0.1) is 0 Å². The predicted molar refractivity (Wildman–Crippen MR) is 78.1 cm³/mol. The molecule has 0 atom stereocenters. The lowest BCUT2D eigenvalue weighted by Crippen LogP contribution is -2.38. The quantitative estimate of drug-likeness (QED) is 0.913. The number of carbonyl (C=O) groups excluding carboxylic acids is 1. The van der Waals surface area contributed by atoms with E-state index in [1.54, 1.807) is 24.3 Å². The van der Waals surface area contributed by atoms with Crippen LogP contribution in [0.2, 0.25) is 5.02 Å². The topological polar surface area (TPSA) is 58.1 Å². The summed E-state index contributed by atoms with van der Waals surface area (Å²) in [4.78, 5) is 16.2. The summed E-state index contributed by atoms with van der Waals surface area (Å²) in [5.74, 6) is 0.335. The number of anilines is 1. The van der Waals surface area contributed by atoms with Gasteiger partial charge in [0.2, 0.25) is 5.13 Å². The maximum Gasteiger partial charge on any atom is 0.406 e. The standard InChI is InChI=1S/C12H10ClF3N4OS/c1-20(6-12(14,15)16)11(21)18-10-17-9(19-22-10)7-3-2-4-8(13)5-7/h2-5H,6H2,1H3,(H,17,18,19,21). The lowest BCUT2D eigenvalue weighted by Gasteiger charge is -2.18. The number of rotatable bonds is 3. The normalized spacial score (nSPS) is 11.3. The van der Waals surface area contributed by atoms with Gasteiger partial charge in [0.25, 0.3) is 0 Å². The van der Waals surface area contributed by atoms with Crippen LogP contribution in [0.4, 0.5) is 23.1 Å². The summed E-state index contributed by atoms with van der Waals surface area (Å²) in [6, 6.07) is 5.87. The van der Waals surface area contributed by atoms with Crippen molar-refractivity contribution in [2.75, 3.05) is 18.9 Å². The highest BCUT2D eigenvalue weighted by atomic mass is 35.5. The van der Waals surface area contributed by atoms with E-state index in [4.69, 9.17) is 11.6 Å². The van der Waals surface area contributed by atoms with Gasteiger partial charge in [-0.1, -0.05) is 23.7 Å². The SMILES string of the molecule is CN(CC(F)(F)F)C(=O)Nc1nc(-c2cccc(Cl)c2)ns1. The Bertz CT molecular complexity index is 676. The molecule has 0 saturated carbocycles. The Morgan fingerprint density at radius 3 is 2.82 bits per heavy atom. The van der Waals surface area contributed by atoms with Gasteiger partial charge in [-0.3, -0.25) is 5.32 Å². The van der Waals surface area contributed by atoms with Gasteiger partial charge in [-0.25, -0.2) is 4.79 Å². The molecule has 10 heteroatoms. The molecule has 2 amide bonds. The average Bonchev–Trinajstić information content (AvgIpc) is 2.85. The highest BCUT2D eigenvalue weighted by Gasteiger charge is 2.31. The van der Waals surface area contributed by atoms with E-state index in [0.717, 1.165) is 18.6 Å². The third kappa shape index (κ3) is 4.57. The third-order valence-corrected chi connectivity index (χ3v) is 3.35. The Morgan fingerprint density at radius 1 is 1.45 bits per heavy atom. The fourth-order valence-corrected chi connectivity index (χ4v) is 2.32. The predicted octanol–water partition coefficient (Wildman–Crippen LogP) is 3.88. The van der Waals surface area contributed by atoms with Crippen molar-refractivity contribution in [1.82, 2.24) is 14.3 Å². The highest BCUT2D eigenvalue weighted by molar-refractivity contribution is 7.10. The molecule has 0 aliphatic heterocycles. The molecule has 0 aliphatic carbocycles. The summed E-state index contributed by atoms with van der Waals surface area (Å²) < 4.78 is 40.7. The molecule has 0 aliphatic rings. The maximum absolute atomic E-state index is 12.2. The number of nitrogens with zero attached hydrogens (tertiary/aromatic N) is 3. The molecule has 1 N–H and O–H groups in total. The van der Waals surface area contributed by atoms with Crippen molar-refractivity contribution < 1.29 is 18.0 Å². The van der Waals surface area contributed by atoms with Gasteiger partial charge < -0.3 is 4.90 Å². The van der Waals surface area contributed by atoms with Gasteiger partial charge in [0, 0.05) is 29.2 Å². The Balaban J connectivity index is 2.05. The van der Waals surface area contributed by atoms with E-state index >= 15 is 0 Å². The molecule has 0 saturated heterocycles. The van der Waals surface area contributed by atoms with E-state index in [9.17, 15) is 18.0 Å². The van der Waals surface area contributed by atoms with Crippen LogP contribution < -0.4 is 5.32 Å². The molecule has 0 spiro atoms. The fraction of sp³-hybridized carbons (Fsp3) is 0.250. The second-order valence-electron chi connectivity index (χ2n) is 4.33. The van der Waals surface area contributed by atoms with Crippen molar-refractivity contribution in [2.24, 2.45) is 0 Å². The first-order chi connectivity index (χ1) is 10.2. The second-order valence-corrected chi connectivity index (χ2v) is 5.52. The van der Waals surface area contributed by atoms with Gasteiger partial charge in [0.1, 0.15) is 6.54 Å². The number of urea groups is 1. The summed E-state index contributed by atoms with van der Waals surface area (Å²) in [6.07, 6.45) is -4.46. The molecular formula is C12H10ClF3N4OS. The van der Waals surface area contributed by atoms with Gasteiger partial charge in [-0.15, -0.1) is 0 Å². The average molecular weight is 351 g/mol. The minimum atomic E-state index is -4.46. The first-order valence-corrected chi connectivity index (χ1v) is 7.08. The van der Waals surface area contributed by atoms with Crippen molar-refractivity contribution in [2.45, 2.75) is 6.18 Å². The van der Waals surface area contributed by atoms with E-state index in [1.165, 1.54) is 0 Å². The van der Waals surface area contributed by atoms with Crippen LogP contribution in [0.15, 0.2) is 24.3 Å². The minimum Gasteiger partial charge on any atom is -0.318 e. The molecular weight excluding hydrogens is 341 g/mol. The van der Waals surface area contributed by atoms with Crippen LogP contribution >= 0.6 is 23.1 Å². The van der Waals surface area contributed by atoms with Gasteiger partial charge in [-0.2, -0.15) is 22.5 Å². The number of halogens is 4. The molecule has 0 unspecified atom stereocenters. The molecule has 22 heavy (non-hydrogen) atoms. The van der Waals surface area contributed by atoms with Crippen LogP contribution in [-0.4, -0.2) is 40.1 Å². The monoisotopic (exact) mass is 350 g/mol.